The van der Waals surface area contributed by atoms with Crippen molar-refractivity contribution in [1.82, 2.24) is 19.9 Å². The Bertz CT molecular complexity index is 1030. The number of aryl methyl sites for hydroxylation is 3. The Labute approximate surface area is 186 Å². The van der Waals surface area contributed by atoms with Gasteiger partial charge in [0.2, 0.25) is 0 Å². The monoisotopic (exact) mass is 440 g/mol. The summed E-state index contributed by atoms with van der Waals surface area (Å²) in [5.74, 6) is 1.78. The molecule has 2 aromatic heterocycles. The lowest BCUT2D eigenvalue weighted by Gasteiger charge is -2.34. The van der Waals surface area contributed by atoms with Gasteiger partial charge in [-0.15, -0.1) is 11.3 Å². The Balaban J connectivity index is 1.40. The van der Waals surface area contributed by atoms with E-state index in [1.165, 1.54) is 11.3 Å². The van der Waals surface area contributed by atoms with E-state index in [1.807, 2.05) is 56.9 Å². The van der Waals surface area contributed by atoms with Crippen LogP contribution in [0.5, 0.6) is 5.75 Å². The van der Waals surface area contributed by atoms with Crippen LogP contribution in [0.3, 0.4) is 0 Å². The Hall–Kier alpha value is -2.71. The van der Waals surface area contributed by atoms with Crippen LogP contribution >= 0.6 is 11.3 Å². The lowest BCUT2D eigenvalue weighted by Crippen LogP contribution is -2.48. The highest BCUT2D eigenvalue weighted by molar-refractivity contribution is 7.17. The quantitative estimate of drug-likeness (QED) is 0.575. The Morgan fingerprint density at radius 1 is 1.10 bits per heavy atom. The van der Waals surface area contributed by atoms with E-state index < -0.39 is 0 Å². The summed E-state index contributed by atoms with van der Waals surface area (Å²) in [6.07, 6.45) is 0. The van der Waals surface area contributed by atoms with Gasteiger partial charge >= 0.3 is 0 Å². The lowest BCUT2D eigenvalue weighted by atomic mass is 10.1. The third-order valence-corrected chi connectivity index (χ3v) is 6.82. The molecule has 0 aliphatic carbocycles. The van der Waals surface area contributed by atoms with Gasteiger partial charge in [0.25, 0.3) is 5.91 Å². The van der Waals surface area contributed by atoms with E-state index in [1.54, 1.807) is 0 Å². The second kappa shape index (κ2) is 9.20. The molecule has 8 heteroatoms. The summed E-state index contributed by atoms with van der Waals surface area (Å²) in [7, 11) is 0. The fourth-order valence-electron chi connectivity index (χ4n) is 3.78. The molecule has 1 fully saturated rings. The SMILES string of the molecule is CCOc1ccc(-c2nc(C)c(C(=O)N3CCN(Cc4c(C)noc4C)CC3)s2)cc1. The summed E-state index contributed by atoms with van der Waals surface area (Å²) in [5.41, 5.74) is 3.88. The molecular weight excluding hydrogens is 412 g/mol. The number of benzene rings is 1. The zero-order valence-corrected chi connectivity index (χ0v) is 19.3. The number of carbonyl (C=O) groups excluding carboxylic acids is 1. The first kappa shape index (κ1) is 21.5. The van der Waals surface area contributed by atoms with Gasteiger partial charge in [0.1, 0.15) is 21.4 Å². The molecule has 0 bridgehead atoms. The van der Waals surface area contributed by atoms with Gasteiger partial charge in [-0.2, -0.15) is 0 Å². The van der Waals surface area contributed by atoms with Gasteiger partial charge in [0, 0.05) is 43.9 Å². The predicted molar refractivity (Wildman–Crippen MR) is 121 cm³/mol. The smallest absolute Gasteiger partial charge is 0.265 e. The molecule has 3 heterocycles. The molecule has 7 nitrogen and oxygen atoms in total. The van der Waals surface area contributed by atoms with Crippen molar-refractivity contribution in [1.29, 1.82) is 0 Å². The van der Waals surface area contributed by atoms with E-state index in [2.05, 4.69) is 15.0 Å². The molecule has 1 amide bonds. The molecule has 0 unspecified atom stereocenters. The number of carbonyl (C=O) groups is 1. The van der Waals surface area contributed by atoms with Crippen LogP contribution in [0.15, 0.2) is 28.8 Å². The van der Waals surface area contributed by atoms with Crippen LogP contribution in [0.25, 0.3) is 10.6 Å². The number of hydrogen-bond donors (Lipinski definition) is 0. The number of piperazine rings is 1. The van der Waals surface area contributed by atoms with E-state index >= 15 is 0 Å². The van der Waals surface area contributed by atoms with E-state index in [0.29, 0.717) is 19.7 Å². The number of nitrogens with zero attached hydrogens (tertiary/aromatic N) is 4. The van der Waals surface area contributed by atoms with Crippen LogP contribution in [0.4, 0.5) is 0 Å². The highest BCUT2D eigenvalue weighted by Crippen LogP contribution is 2.30. The van der Waals surface area contributed by atoms with Crippen LogP contribution in [-0.4, -0.2) is 58.6 Å². The van der Waals surface area contributed by atoms with Crippen LogP contribution in [0.2, 0.25) is 0 Å². The van der Waals surface area contributed by atoms with Gasteiger partial charge in [0.05, 0.1) is 18.0 Å². The molecule has 3 aromatic rings. The van der Waals surface area contributed by atoms with Crippen molar-refractivity contribution < 1.29 is 14.1 Å². The molecule has 0 saturated carbocycles. The van der Waals surface area contributed by atoms with E-state index in [-0.39, 0.29) is 5.91 Å². The topological polar surface area (TPSA) is 71.7 Å². The maximum Gasteiger partial charge on any atom is 0.265 e. The van der Waals surface area contributed by atoms with Crippen LogP contribution in [0.1, 0.15) is 39.3 Å². The van der Waals surface area contributed by atoms with Gasteiger partial charge < -0.3 is 14.2 Å². The normalized spacial score (nSPS) is 14.8. The molecule has 1 aliphatic heterocycles. The zero-order chi connectivity index (χ0) is 22.0. The number of aromatic nitrogens is 2. The summed E-state index contributed by atoms with van der Waals surface area (Å²) in [5, 5.41) is 4.90. The summed E-state index contributed by atoms with van der Waals surface area (Å²) in [4.78, 5) is 22.8. The number of rotatable bonds is 6. The minimum atomic E-state index is 0.0733. The van der Waals surface area contributed by atoms with Crippen molar-refractivity contribution in [3.63, 3.8) is 0 Å². The van der Waals surface area contributed by atoms with E-state index in [4.69, 9.17) is 9.26 Å². The second-order valence-electron chi connectivity index (χ2n) is 7.76. The number of amides is 1. The third kappa shape index (κ3) is 4.65. The van der Waals surface area contributed by atoms with Crippen LogP contribution in [-0.2, 0) is 6.54 Å². The molecule has 0 atom stereocenters. The van der Waals surface area contributed by atoms with Crippen molar-refractivity contribution in [3.8, 4) is 16.3 Å². The molecule has 164 valence electrons. The Morgan fingerprint density at radius 3 is 2.42 bits per heavy atom. The minimum absolute atomic E-state index is 0.0733. The van der Waals surface area contributed by atoms with E-state index in [0.717, 1.165) is 63.5 Å². The highest BCUT2D eigenvalue weighted by Gasteiger charge is 2.26. The van der Waals surface area contributed by atoms with Crippen molar-refractivity contribution in [2.45, 2.75) is 34.2 Å². The summed E-state index contributed by atoms with van der Waals surface area (Å²) >= 11 is 1.46. The maximum absolute atomic E-state index is 13.2. The van der Waals surface area contributed by atoms with Gasteiger partial charge in [0.15, 0.2) is 0 Å². The first-order valence-corrected chi connectivity index (χ1v) is 11.4. The number of thiazole rings is 1. The average Bonchev–Trinajstić information content (AvgIpc) is 3.32. The van der Waals surface area contributed by atoms with E-state index in [9.17, 15) is 4.79 Å². The number of ether oxygens (including phenoxy) is 1. The molecule has 1 aromatic carbocycles. The predicted octanol–water partition coefficient (Wildman–Crippen LogP) is 4.08. The van der Waals surface area contributed by atoms with Crippen molar-refractivity contribution in [2.75, 3.05) is 32.8 Å². The lowest BCUT2D eigenvalue weighted by molar-refractivity contribution is 0.0631. The highest BCUT2D eigenvalue weighted by atomic mass is 32.1. The fourth-order valence-corrected chi connectivity index (χ4v) is 4.82. The summed E-state index contributed by atoms with van der Waals surface area (Å²) in [6.45, 7) is 12.3. The first-order chi connectivity index (χ1) is 15.0. The maximum atomic E-state index is 13.2. The van der Waals surface area contributed by atoms with Crippen molar-refractivity contribution in [3.05, 3.63) is 51.9 Å². The van der Waals surface area contributed by atoms with Crippen molar-refractivity contribution in [2.24, 2.45) is 0 Å². The molecule has 0 spiro atoms. The second-order valence-corrected chi connectivity index (χ2v) is 8.76. The minimum Gasteiger partial charge on any atom is -0.494 e. The van der Waals surface area contributed by atoms with Crippen molar-refractivity contribution >= 4 is 17.2 Å². The standard InChI is InChI=1S/C23H28N4O3S/c1-5-29-19-8-6-18(7-9-19)22-24-16(3)21(31-22)23(28)27-12-10-26(11-13-27)14-20-15(2)25-30-17(20)4/h6-9H,5,10-14H2,1-4H3. The Morgan fingerprint density at radius 2 is 1.81 bits per heavy atom. The molecule has 31 heavy (non-hydrogen) atoms. The molecule has 1 aliphatic rings. The average molecular weight is 441 g/mol. The fraction of sp³-hybridized carbons (Fsp3) is 0.435. The van der Waals surface area contributed by atoms with Gasteiger partial charge in [-0.3, -0.25) is 9.69 Å². The van der Waals surface area contributed by atoms with Gasteiger partial charge in [-0.1, -0.05) is 5.16 Å². The summed E-state index contributed by atoms with van der Waals surface area (Å²) < 4.78 is 10.8. The first-order valence-electron chi connectivity index (χ1n) is 10.6. The largest absolute Gasteiger partial charge is 0.494 e. The molecule has 1 saturated heterocycles. The summed E-state index contributed by atoms with van der Waals surface area (Å²) in [6, 6.07) is 7.86. The molecule has 4 rings (SSSR count). The van der Waals surface area contributed by atoms with Crippen LogP contribution < -0.4 is 4.74 Å². The molecule has 0 radical (unpaired) electrons. The van der Waals surface area contributed by atoms with Gasteiger partial charge in [-0.05, 0) is 52.0 Å². The van der Waals surface area contributed by atoms with Crippen LogP contribution in [0, 0.1) is 20.8 Å². The zero-order valence-electron chi connectivity index (χ0n) is 18.5. The Kier molecular flexibility index (Phi) is 6.38. The molecule has 0 N–H and O–H groups in total. The third-order valence-electron chi connectivity index (χ3n) is 5.63. The number of hydrogen-bond acceptors (Lipinski definition) is 7. The van der Waals surface area contributed by atoms with Gasteiger partial charge in [-0.25, -0.2) is 4.98 Å². The molecular formula is C23H28N4O3S.